The number of hydrogen-bond donors (Lipinski definition) is 0. The third-order valence-electron chi connectivity index (χ3n) is 2.27. The zero-order valence-electron chi connectivity index (χ0n) is 9.75. The summed E-state index contributed by atoms with van der Waals surface area (Å²) in [6.45, 7) is 0. The summed E-state index contributed by atoms with van der Waals surface area (Å²) in [5.74, 6) is 1.57. The maximum Gasteiger partial charge on any atom is 0.245 e. The first-order valence-electron chi connectivity index (χ1n) is 5.65. The van der Waals surface area contributed by atoms with E-state index in [2.05, 4.69) is 0 Å². The van der Waals surface area contributed by atoms with E-state index >= 15 is 0 Å². The quantitative estimate of drug-likeness (QED) is 0.580. The van der Waals surface area contributed by atoms with Crippen LogP contribution in [0.2, 0.25) is 0 Å². The van der Waals surface area contributed by atoms with Gasteiger partial charge in [0.05, 0.1) is 6.16 Å². The molecule has 0 N–H and O–H groups in total. The van der Waals surface area contributed by atoms with Gasteiger partial charge >= 0.3 is 0 Å². The van der Waals surface area contributed by atoms with E-state index in [1.165, 1.54) is 0 Å². The molecule has 2 aromatic rings. The van der Waals surface area contributed by atoms with Crippen molar-refractivity contribution in [3.05, 3.63) is 60.7 Å². The molecule has 0 aliphatic carbocycles. The molecule has 2 nitrogen and oxygen atoms in total. The van der Waals surface area contributed by atoms with Gasteiger partial charge in [-0.3, -0.25) is 0 Å². The highest BCUT2D eigenvalue weighted by Crippen LogP contribution is 2.22. The Morgan fingerprint density at radius 2 is 1.28 bits per heavy atom. The minimum atomic E-state index is -0.356. The Kier molecular flexibility index (Phi) is 5.32. The van der Waals surface area contributed by atoms with Gasteiger partial charge in [0.2, 0.25) is 6.29 Å². The zero-order chi connectivity index (χ0) is 12.6. The average molecular weight is 281 g/mol. The molecule has 0 radical (unpaired) electrons. The first-order valence-corrected chi connectivity index (χ1v) is 7.87. The molecule has 0 fully saturated rings. The van der Waals surface area contributed by atoms with Crippen LogP contribution in [0.1, 0.15) is 0 Å². The van der Waals surface area contributed by atoms with E-state index in [1.807, 2.05) is 60.7 Å². The van der Waals surface area contributed by atoms with Crippen LogP contribution in [-0.2, 0) is 0 Å². The molecule has 2 rings (SSSR count). The molecular formula is C14H14ClO2P. The summed E-state index contributed by atoms with van der Waals surface area (Å²) in [6.07, 6.45) is 0.302. The summed E-state index contributed by atoms with van der Waals surface area (Å²) in [4.78, 5) is 0. The van der Waals surface area contributed by atoms with Crippen molar-refractivity contribution < 1.29 is 9.47 Å². The molecule has 0 spiro atoms. The Hall–Kier alpha value is -1.24. The van der Waals surface area contributed by atoms with Gasteiger partial charge in [-0.05, 0) is 32.2 Å². The number of para-hydroxylation sites is 2. The Morgan fingerprint density at radius 3 is 1.67 bits per heavy atom. The Bertz CT molecular complexity index is 408. The monoisotopic (exact) mass is 280 g/mol. The molecule has 18 heavy (non-hydrogen) atoms. The van der Waals surface area contributed by atoms with E-state index in [-0.39, 0.29) is 14.2 Å². The average Bonchev–Trinajstić information content (AvgIpc) is 2.41. The lowest BCUT2D eigenvalue weighted by Crippen LogP contribution is -2.25. The topological polar surface area (TPSA) is 18.5 Å². The highest BCUT2D eigenvalue weighted by molar-refractivity contribution is 7.68. The first kappa shape index (κ1) is 13.2. The first-order chi connectivity index (χ1) is 8.88. The van der Waals surface area contributed by atoms with Gasteiger partial charge in [0.25, 0.3) is 0 Å². The van der Waals surface area contributed by atoms with Crippen LogP contribution in [-0.4, -0.2) is 12.5 Å². The van der Waals surface area contributed by atoms with Gasteiger partial charge in [0, 0.05) is 0 Å². The third kappa shape index (κ3) is 4.21. The maximum atomic E-state index is 5.80. The van der Waals surface area contributed by atoms with Crippen LogP contribution in [0.5, 0.6) is 11.5 Å². The summed E-state index contributed by atoms with van der Waals surface area (Å²) in [7, 11) is 0.264. The Balaban J connectivity index is 2.00. The van der Waals surface area contributed by atoms with Crippen molar-refractivity contribution in [3.63, 3.8) is 0 Å². The van der Waals surface area contributed by atoms with Gasteiger partial charge in [0.15, 0.2) is 0 Å². The Labute approximate surface area is 113 Å². The van der Waals surface area contributed by atoms with Crippen LogP contribution in [0.25, 0.3) is 0 Å². The number of benzene rings is 2. The van der Waals surface area contributed by atoms with Gasteiger partial charge in [-0.1, -0.05) is 47.6 Å². The highest BCUT2D eigenvalue weighted by Gasteiger charge is 2.11. The lowest BCUT2D eigenvalue weighted by molar-refractivity contribution is 0.0261. The normalized spacial score (nSPS) is 11.0. The van der Waals surface area contributed by atoms with Crippen molar-refractivity contribution in [2.45, 2.75) is 6.29 Å². The second kappa shape index (κ2) is 7.25. The molecular weight excluding hydrogens is 267 g/mol. The van der Waals surface area contributed by atoms with E-state index in [0.29, 0.717) is 6.16 Å². The van der Waals surface area contributed by atoms with Crippen LogP contribution in [0.4, 0.5) is 0 Å². The lowest BCUT2D eigenvalue weighted by Gasteiger charge is -2.19. The lowest BCUT2D eigenvalue weighted by atomic mass is 10.3. The highest BCUT2D eigenvalue weighted by atomic mass is 35.7. The minimum absolute atomic E-state index is 0.264. The Morgan fingerprint density at radius 1 is 0.833 bits per heavy atom. The van der Waals surface area contributed by atoms with Gasteiger partial charge in [0.1, 0.15) is 11.5 Å². The van der Waals surface area contributed by atoms with Crippen molar-refractivity contribution in [1.82, 2.24) is 0 Å². The molecule has 4 heteroatoms. The van der Waals surface area contributed by atoms with Gasteiger partial charge in [-0.25, -0.2) is 0 Å². The predicted octanol–water partition coefficient (Wildman–Crippen LogP) is 4.30. The molecule has 0 amide bonds. The summed E-state index contributed by atoms with van der Waals surface area (Å²) in [5.41, 5.74) is 0. The molecule has 1 unspecified atom stereocenters. The largest absolute Gasteiger partial charge is 0.454 e. The maximum absolute atomic E-state index is 5.80. The van der Waals surface area contributed by atoms with Gasteiger partial charge in [-0.15, -0.1) is 0 Å². The van der Waals surface area contributed by atoms with Crippen molar-refractivity contribution in [3.8, 4) is 11.5 Å². The summed E-state index contributed by atoms with van der Waals surface area (Å²) in [6, 6.07) is 19.2. The third-order valence-corrected chi connectivity index (χ3v) is 3.22. The van der Waals surface area contributed by atoms with Gasteiger partial charge in [-0.2, -0.15) is 0 Å². The second-order valence-corrected chi connectivity index (χ2v) is 5.11. The number of halogens is 1. The zero-order valence-corrected chi connectivity index (χ0v) is 11.5. The van der Waals surface area contributed by atoms with Crippen molar-refractivity contribution in [1.29, 1.82) is 0 Å². The summed E-state index contributed by atoms with van der Waals surface area (Å²) >= 11 is 5.80. The molecule has 1 atom stereocenters. The summed E-state index contributed by atoms with van der Waals surface area (Å²) < 4.78 is 11.5. The van der Waals surface area contributed by atoms with Crippen LogP contribution in [0, 0.1) is 0 Å². The van der Waals surface area contributed by atoms with E-state index in [9.17, 15) is 0 Å². The van der Waals surface area contributed by atoms with Crippen LogP contribution < -0.4 is 9.47 Å². The molecule has 0 saturated heterocycles. The molecule has 0 saturated carbocycles. The molecule has 0 bridgehead atoms. The molecule has 0 aliphatic rings. The standard InChI is InChI=1S/C14H14ClO2P/c15-18-11-14(16-12-7-3-1-4-8-12)17-13-9-5-2-6-10-13/h1-10,14,18H,11H2. The fourth-order valence-electron chi connectivity index (χ4n) is 1.47. The summed E-state index contributed by atoms with van der Waals surface area (Å²) in [5, 5.41) is 0. The fraction of sp³-hybridized carbons (Fsp3) is 0.143. The molecule has 0 heterocycles. The predicted molar refractivity (Wildman–Crippen MR) is 77.0 cm³/mol. The van der Waals surface area contributed by atoms with Crippen LogP contribution in [0.15, 0.2) is 60.7 Å². The number of hydrogen-bond acceptors (Lipinski definition) is 2. The fourth-order valence-corrected chi connectivity index (χ4v) is 2.14. The number of ether oxygens (including phenoxy) is 2. The molecule has 0 aliphatic heterocycles. The van der Waals surface area contributed by atoms with Gasteiger partial charge < -0.3 is 9.47 Å². The minimum Gasteiger partial charge on any atom is -0.454 e. The molecule has 94 valence electrons. The van der Waals surface area contributed by atoms with E-state index in [4.69, 9.17) is 20.7 Å². The molecule has 0 aromatic heterocycles. The SMILES string of the molecule is ClPCC(Oc1ccccc1)Oc1ccccc1. The van der Waals surface area contributed by atoms with E-state index in [1.54, 1.807) is 0 Å². The van der Waals surface area contributed by atoms with E-state index < -0.39 is 0 Å². The smallest absolute Gasteiger partial charge is 0.245 e. The van der Waals surface area contributed by atoms with Crippen LogP contribution >= 0.6 is 19.2 Å². The second-order valence-electron chi connectivity index (χ2n) is 3.63. The van der Waals surface area contributed by atoms with Crippen molar-refractivity contribution in [2.75, 3.05) is 6.16 Å². The number of rotatable bonds is 6. The van der Waals surface area contributed by atoms with Crippen molar-refractivity contribution >= 4 is 19.2 Å². The molecule has 2 aromatic carbocycles. The van der Waals surface area contributed by atoms with E-state index in [0.717, 1.165) is 11.5 Å². The van der Waals surface area contributed by atoms with Crippen LogP contribution in [0.3, 0.4) is 0 Å². The van der Waals surface area contributed by atoms with Crippen molar-refractivity contribution in [2.24, 2.45) is 0 Å².